The van der Waals surface area contributed by atoms with Gasteiger partial charge < -0.3 is 9.47 Å². The maximum atomic E-state index is 13.3. The van der Waals surface area contributed by atoms with Gasteiger partial charge in [-0.15, -0.1) is 0 Å². The molecule has 7 nitrogen and oxygen atoms in total. The lowest BCUT2D eigenvalue weighted by Gasteiger charge is -2.12. The Balaban J connectivity index is 2.10. The van der Waals surface area contributed by atoms with E-state index in [0.717, 1.165) is 10.9 Å². The second-order valence-corrected chi connectivity index (χ2v) is 7.98. The number of rotatable bonds is 8. The Kier molecular flexibility index (Phi) is 6.84. The van der Waals surface area contributed by atoms with E-state index in [4.69, 9.17) is 21.1 Å². The summed E-state index contributed by atoms with van der Waals surface area (Å²) in [7, 11) is 0. The fraction of sp³-hybridized carbons (Fsp3) is 0.192. The molecule has 174 valence electrons. The van der Waals surface area contributed by atoms with Crippen molar-refractivity contribution in [1.29, 1.82) is 0 Å². The molecule has 0 saturated heterocycles. The van der Waals surface area contributed by atoms with E-state index in [1.807, 2.05) is 43.3 Å². The van der Waals surface area contributed by atoms with Gasteiger partial charge in [0.1, 0.15) is 17.1 Å². The molecule has 0 aliphatic carbocycles. The summed E-state index contributed by atoms with van der Waals surface area (Å²) in [5.74, 6) is 0.0781. The number of ether oxygens (including phenoxy) is 2. The lowest BCUT2D eigenvalue weighted by atomic mass is 10.0. The van der Waals surface area contributed by atoms with Crippen LogP contribution in [0.15, 0.2) is 66.7 Å². The first-order valence-corrected chi connectivity index (χ1v) is 11.3. The smallest absolute Gasteiger partial charge is 0.355 e. The second kappa shape index (κ2) is 9.97. The van der Waals surface area contributed by atoms with E-state index in [-0.39, 0.29) is 28.7 Å². The molecule has 0 radical (unpaired) electrons. The number of halogens is 1. The second-order valence-electron chi connectivity index (χ2n) is 7.55. The van der Waals surface area contributed by atoms with E-state index in [1.54, 1.807) is 35.8 Å². The fourth-order valence-electron chi connectivity index (χ4n) is 4.07. The molecule has 0 amide bonds. The van der Waals surface area contributed by atoms with Crippen LogP contribution in [-0.4, -0.2) is 28.7 Å². The van der Waals surface area contributed by atoms with Crippen LogP contribution in [0.4, 0.5) is 5.69 Å². The molecular weight excluding hydrogens is 456 g/mol. The van der Waals surface area contributed by atoms with E-state index < -0.39 is 10.9 Å². The third-order valence-corrected chi connectivity index (χ3v) is 5.66. The first-order chi connectivity index (χ1) is 16.4. The highest BCUT2D eigenvalue weighted by molar-refractivity contribution is 6.30. The molecular formula is C26H23ClN2O5. The fourth-order valence-corrected chi connectivity index (χ4v) is 4.23. The van der Waals surface area contributed by atoms with Crippen molar-refractivity contribution < 1.29 is 19.2 Å². The van der Waals surface area contributed by atoms with Crippen LogP contribution in [0.3, 0.4) is 0 Å². The molecule has 0 atom stereocenters. The molecule has 1 heterocycles. The summed E-state index contributed by atoms with van der Waals surface area (Å²) in [6, 6.07) is 19.5. The molecule has 4 rings (SSSR count). The van der Waals surface area contributed by atoms with Gasteiger partial charge in [-0.05, 0) is 55.3 Å². The number of hydrogen-bond donors (Lipinski definition) is 0. The average Bonchev–Trinajstić information content (AvgIpc) is 3.13. The van der Waals surface area contributed by atoms with Crippen molar-refractivity contribution in [1.82, 2.24) is 4.57 Å². The number of carbonyl (C=O) groups is 1. The van der Waals surface area contributed by atoms with E-state index in [1.165, 1.54) is 6.07 Å². The van der Waals surface area contributed by atoms with Crippen LogP contribution in [0.5, 0.6) is 5.75 Å². The van der Waals surface area contributed by atoms with Gasteiger partial charge >= 0.3 is 5.97 Å². The van der Waals surface area contributed by atoms with Crippen LogP contribution in [0.2, 0.25) is 5.02 Å². The van der Waals surface area contributed by atoms with E-state index >= 15 is 0 Å². The molecule has 0 bridgehead atoms. The molecule has 3 aromatic carbocycles. The highest BCUT2D eigenvalue weighted by Crippen LogP contribution is 2.37. The molecule has 0 aliphatic rings. The Labute approximate surface area is 201 Å². The number of hydrogen-bond acceptors (Lipinski definition) is 5. The predicted molar refractivity (Wildman–Crippen MR) is 131 cm³/mol. The summed E-state index contributed by atoms with van der Waals surface area (Å²) in [4.78, 5) is 24.7. The van der Waals surface area contributed by atoms with Crippen molar-refractivity contribution in [2.24, 2.45) is 0 Å². The van der Waals surface area contributed by atoms with Crippen LogP contribution in [0.1, 0.15) is 35.5 Å². The molecule has 0 fully saturated rings. The normalized spacial score (nSPS) is 10.9. The summed E-state index contributed by atoms with van der Waals surface area (Å²) in [6.45, 7) is 4.26. The van der Waals surface area contributed by atoms with Crippen molar-refractivity contribution in [3.8, 4) is 11.4 Å². The summed E-state index contributed by atoms with van der Waals surface area (Å²) in [6.07, 6.45) is 0.426. The molecule has 4 aromatic rings. The summed E-state index contributed by atoms with van der Waals surface area (Å²) in [5, 5.41) is 12.9. The van der Waals surface area contributed by atoms with Gasteiger partial charge in [0.15, 0.2) is 0 Å². The lowest BCUT2D eigenvalue weighted by molar-refractivity contribution is -0.384. The zero-order valence-electron chi connectivity index (χ0n) is 18.8. The van der Waals surface area contributed by atoms with Crippen LogP contribution in [-0.2, 0) is 11.2 Å². The highest BCUT2D eigenvalue weighted by atomic mass is 35.5. The van der Waals surface area contributed by atoms with Gasteiger partial charge in [0, 0.05) is 22.9 Å². The van der Waals surface area contributed by atoms with Crippen LogP contribution in [0.25, 0.3) is 16.6 Å². The number of nitro groups is 1. The average molecular weight is 479 g/mol. The van der Waals surface area contributed by atoms with Gasteiger partial charge in [-0.1, -0.05) is 41.9 Å². The van der Waals surface area contributed by atoms with Gasteiger partial charge in [0.05, 0.1) is 23.7 Å². The maximum Gasteiger partial charge on any atom is 0.355 e. The van der Waals surface area contributed by atoms with Gasteiger partial charge in [-0.25, -0.2) is 4.79 Å². The number of nitrogens with zero attached hydrogens (tertiary/aromatic N) is 2. The minimum absolute atomic E-state index is 0.165. The molecule has 0 unspecified atom stereocenters. The van der Waals surface area contributed by atoms with E-state index in [9.17, 15) is 14.9 Å². The molecule has 0 aliphatic heterocycles. The zero-order chi connectivity index (χ0) is 24.2. The third kappa shape index (κ3) is 4.47. The predicted octanol–water partition coefficient (Wildman–Crippen LogP) is 6.36. The van der Waals surface area contributed by atoms with Crippen molar-refractivity contribution in [3.63, 3.8) is 0 Å². The Morgan fingerprint density at radius 3 is 2.47 bits per heavy atom. The molecule has 8 heteroatoms. The van der Waals surface area contributed by atoms with Gasteiger partial charge in [0.2, 0.25) is 0 Å². The highest BCUT2D eigenvalue weighted by Gasteiger charge is 2.29. The summed E-state index contributed by atoms with van der Waals surface area (Å²) < 4.78 is 12.7. The van der Waals surface area contributed by atoms with Gasteiger partial charge in [-0.2, -0.15) is 0 Å². The number of carbonyl (C=O) groups excluding carboxylic acids is 1. The third-order valence-electron chi connectivity index (χ3n) is 5.42. The van der Waals surface area contributed by atoms with Crippen molar-refractivity contribution in [3.05, 3.63) is 98.7 Å². The number of esters is 1. The minimum Gasteiger partial charge on any atom is -0.494 e. The molecule has 1 aromatic heterocycles. The molecule has 0 saturated carbocycles. The largest absolute Gasteiger partial charge is 0.494 e. The van der Waals surface area contributed by atoms with Crippen LogP contribution in [0, 0.1) is 10.1 Å². The minimum atomic E-state index is -0.563. The Morgan fingerprint density at radius 1 is 1.03 bits per heavy atom. The quantitative estimate of drug-likeness (QED) is 0.167. The van der Waals surface area contributed by atoms with Gasteiger partial charge in [-0.3, -0.25) is 14.7 Å². The molecule has 0 spiro atoms. The molecule has 34 heavy (non-hydrogen) atoms. The summed E-state index contributed by atoms with van der Waals surface area (Å²) in [5.41, 5.74) is 2.56. The number of aromatic nitrogens is 1. The Morgan fingerprint density at radius 2 is 1.79 bits per heavy atom. The summed E-state index contributed by atoms with van der Waals surface area (Å²) >= 11 is 6.06. The van der Waals surface area contributed by atoms with Crippen LogP contribution < -0.4 is 4.74 Å². The number of fused-ring (bicyclic) bond motifs is 1. The van der Waals surface area contributed by atoms with Crippen LogP contribution >= 0.6 is 11.6 Å². The van der Waals surface area contributed by atoms with Crippen molar-refractivity contribution >= 4 is 34.2 Å². The Hall–Kier alpha value is -3.84. The SMILES string of the molecule is CCOC(=O)c1c(Cc2ccccc2)c2cc(OCC)ccc2n1-c1ccc(Cl)cc1[N+](=O)[O-]. The van der Waals surface area contributed by atoms with E-state index in [0.29, 0.717) is 29.9 Å². The van der Waals surface area contributed by atoms with Crippen molar-refractivity contribution in [2.75, 3.05) is 13.2 Å². The standard InChI is InChI=1S/C26H23ClN2O5/c1-3-33-19-11-13-22-20(16-19)21(14-17-8-6-5-7-9-17)25(26(30)34-4-2)28(22)23-12-10-18(27)15-24(23)29(31)32/h5-13,15-16H,3-4,14H2,1-2H3. The zero-order valence-corrected chi connectivity index (χ0v) is 19.5. The maximum absolute atomic E-state index is 13.3. The molecule has 0 N–H and O–H groups in total. The number of nitro benzene ring substituents is 1. The van der Waals surface area contributed by atoms with Gasteiger partial charge in [0.25, 0.3) is 5.69 Å². The topological polar surface area (TPSA) is 83.6 Å². The number of benzene rings is 3. The first-order valence-electron chi connectivity index (χ1n) is 10.9. The first kappa shape index (κ1) is 23.3. The Bertz CT molecular complexity index is 1360. The lowest BCUT2D eigenvalue weighted by Crippen LogP contribution is -2.14. The van der Waals surface area contributed by atoms with E-state index in [2.05, 4.69) is 0 Å². The monoisotopic (exact) mass is 478 g/mol. The van der Waals surface area contributed by atoms with Crippen molar-refractivity contribution in [2.45, 2.75) is 20.3 Å².